The molecule has 144 valence electrons. The predicted octanol–water partition coefficient (Wildman–Crippen LogP) is -0.802. The molecule has 3 atom stereocenters. The molecule has 0 rings (SSSR count). The number of nitrogens with two attached hydrogens (primary N) is 3. The van der Waals surface area contributed by atoms with E-state index in [4.69, 9.17) is 32.5 Å². The number of carboxylic acids is 3. The highest BCUT2D eigenvalue weighted by molar-refractivity contribution is 7.98. The van der Waals surface area contributed by atoms with E-state index < -0.39 is 36.0 Å². The topological polar surface area (TPSA) is 190 Å². The molecule has 0 aromatic heterocycles. The van der Waals surface area contributed by atoms with Gasteiger partial charge in [-0.25, -0.2) is 0 Å². The third kappa shape index (κ3) is 21.3. The summed E-state index contributed by atoms with van der Waals surface area (Å²) in [5, 5.41) is 24.4. The molecule has 0 saturated heterocycles. The molecule has 0 aliphatic heterocycles. The third-order valence-electron chi connectivity index (χ3n) is 2.22. The summed E-state index contributed by atoms with van der Waals surface area (Å²) in [6, 6.07) is -2.24. The van der Waals surface area contributed by atoms with Crippen LogP contribution in [0, 0.1) is 0 Å². The average Bonchev–Trinajstić information content (AvgIpc) is 2.52. The van der Waals surface area contributed by atoms with E-state index in [9.17, 15) is 14.4 Å². The lowest BCUT2D eigenvalue weighted by molar-refractivity contribution is -0.139. The molecule has 0 amide bonds. The van der Waals surface area contributed by atoms with Crippen molar-refractivity contribution in [3.8, 4) is 0 Å². The highest BCUT2D eigenvalue weighted by atomic mass is 32.2. The summed E-state index contributed by atoms with van der Waals surface area (Å²) in [7, 11) is 0. The summed E-state index contributed by atoms with van der Waals surface area (Å²) in [6.07, 6.45) is 2.91. The minimum absolute atomic E-state index is 0.190. The van der Waals surface area contributed by atoms with Crippen molar-refractivity contribution in [2.75, 3.05) is 23.5 Å². The zero-order valence-electron chi connectivity index (χ0n) is 13.4. The largest absolute Gasteiger partial charge is 0.480 e. The Labute approximate surface area is 156 Å². The molecule has 0 aromatic carbocycles. The van der Waals surface area contributed by atoms with Crippen LogP contribution in [0.4, 0.5) is 0 Å². The van der Waals surface area contributed by atoms with Crippen LogP contribution < -0.4 is 17.2 Å². The Balaban J connectivity index is -0.000000278. The van der Waals surface area contributed by atoms with Gasteiger partial charge in [0.15, 0.2) is 0 Å². The molecule has 0 radical (unpaired) electrons. The predicted molar refractivity (Wildman–Crippen MR) is 102 cm³/mol. The van der Waals surface area contributed by atoms with Crippen LogP contribution in [0.3, 0.4) is 0 Å². The summed E-state index contributed by atoms with van der Waals surface area (Å²) < 4.78 is 0. The number of carbonyl (C=O) groups is 3. The van der Waals surface area contributed by atoms with E-state index in [2.05, 4.69) is 25.3 Å². The van der Waals surface area contributed by atoms with E-state index in [1.165, 1.54) is 0 Å². The molecule has 3 unspecified atom stereocenters. The maximum absolute atomic E-state index is 10.1. The van der Waals surface area contributed by atoms with Crippen molar-refractivity contribution >= 4 is 54.9 Å². The molecular formula is C12H27N3O6S3. The van der Waals surface area contributed by atoms with E-state index in [1.807, 2.05) is 6.26 Å². The molecule has 12 heteroatoms. The number of carboxylic acid groups (broad SMARTS) is 3. The van der Waals surface area contributed by atoms with Gasteiger partial charge in [0.1, 0.15) is 18.1 Å². The summed E-state index contributed by atoms with van der Waals surface area (Å²) in [5.74, 6) is -1.35. The maximum atomic E-state index is 10.1. The lowest BCUT2D eigenvalue weighted by atomic mass is 10.2. The van der Waals surface area contributed by atoms with Gasteiger partial charge in [0, 0.05) is 5.75 Å². The first kappa shape index (κ1) is 28.2. The van der Waals surface area contributed by atoms with Gasteiger partial charge in [-0.05, 0) is 30.6 Å². The Morgan fingerprint density at radius 2 is 1.25 bits per heavy atom. The second-order valence-corrected chi connectivity index (χ2v) is 6.11. The first-order chi connectivity index (χ1) is 11.0. The average molecular weight is 406 g/mol. The van der Waals surface area contributed by atoms with Crippen LogP contribution in [-0.4, -0.2) is 74.9 Å². The van der Waals surface area contributed by atoms with Gasteiger partial charge in [0.05, 0.1) is 0 Å². The highest BCUT2D eigenvalue weighted by Crippen LogP contribution is 1.97. The lowest BCUT2D eigenvalue weighted by Gasteiger charge is -2.02. The van der Waals surface area contributed by atoms with E-state index in [1.54, 1.807) is 11.8 Å². The molecule has 0 saturated carbocycles. The molecule has 24 heavy (non-hydrogen) atoms. The normalized spacial score (nSPS) is 13.2. The van der Waals surface area contributed by atoms with Gasteiger partial charge in [-0.2, -0.15) is 37.0 Å². The van der Waals surface area contributed by atoms with E-state index >= 15 is 0 Å². The number of rotatable bonds is 9. The molecule has 0 bridgehead atoms. The zero-order chi connectivity index (χ0) is 19.7. The molecular weight excluding hydrogens is 378 g/mol. The van der Waals surface area contributed by atoms with Gasteiger partial charge >= 0.3 is 17.9 Å². The van der Waals surface area contributed by atoms with Gasteiger partial charge in [-0.3, -0.25) is 14.4 Å². The fourth-order valence-corrected chi connectivity index (χ4v) is 1.63. The van der Waals surface area contributed by atoms with Crippen molar-refractivity contribution < 1.29 is 29.7 Å². The summed E-state index contributed by atoms with van der Waals surface area (Å²) in [6.45, 7) is 0. The van der Waals surface area contributed by atoms with Crippen molar-refractivity contribution in [1.82, 2.24) is 0 Å². The molecule has 9 nitrogen and oxygen atoms in total. The Hall–Kier alpha value is -0.660. The van der Waals surface area contributed by atoms with Gasteiger partial charge < -0.3 is 32.5 Å². The Kier molecular flexibility index (Phi) is 21.9. The van der Waals surface area contributed by atoms with Gasteiger partial charge in [-0.1, -0.05) is 0 Å². The Bertz CT molecular complexity index is 363. The minimum atomic E-state index is -1.00. The second-order valence-electron chi connectivity index (χ2n) is 4.31. The quantitative estimate of drug-likeness (QED) is 0.225. The van der Waals surface area contributed by atoms with Gasteiger partial charge in [0.25, 0.3) is 0 Å². The first-order valence-electron chi connectivity index (χ1n) is 6.70. The van der Waals surface area contributed by atoms with Crippen molar-refractivity contribution in [1.29, 1.82) is 0 Å². The van der Waals surface area contributed by atoms with Crippen LogP contribution in [0.25, 0.3) is 0 Å². The van der Waals surface area contributed by atoms with Crippen molar-refractivity contribution in [2.45, 2.75) is 31.0 Å². The lowest BCUT2D eigenvalue weighted by Crippen LogP contribution is -2.31. The molecule has 9 N–H and O–H groups in total. The van der Waals surface area contributed by atoms with Crippen molar-refractivity contribution in [3.63, 3.8) is 0 Å². The standard InChI is InChI=1S/C5H11NO2S.C4H9NO2S.C3H7NO2S/c1-9-3-2-4(6)5(7)8;5-3(1-2-8)4(6)7;4-2(1-7)3(5)6/h4H,2-3,6H2,1H3,(H,7,8);3,8H,1-2,5H2,(H,6,7);2,7H,1,4H2,(H,5,6). The van der Waals surface area contributed by atoms with Crippen LogP contribution in [0.2, 0.25) is 0 Å². The van der Waals surface area contributed by atoms with Crippen LogP contribution in [0.1, 0.15) is 12.8 Å². The molecule has 0 fully saturated rings. The first-order valence-corrected chi connectivity index (χ1v) is 9.36. The Morgan fingerprint density at radius 1 is 0.875 bits per heavy atom. The molecule has 0 heterocycles. The number of thioether (sulfide) groups is 1. The van der Waals surface area contributed by atoms with Gasteiger partial charge in [0.2, 0.25) is 0 Å². The number of hydrogen-bond donors (Lipinski definition) is 8. The van der Waals surface area contributed by atoms with Crippen LogP contribution in [0.5, 0.6) is 0 Å². The molecule has 0 aromatic rings. The summed E-state index contributed by atoms with van der Waals surface area (Å²) in [5.41, 5.74) is 15.2. The highest BCUT2D eigenvalue weighted by Gasteiger charge is 2.09. The molecule has 0 aliphatic rings. The molecule has 0 aliphatic carbocycles. The SMILES string of the molecule is CSCCC(N)C(=O)O.NC(CCS)C(=O)O.NC(CS)C(=O)O. The van der Waals surface area contributed by atoms with Crippen LogP contribution >= 0.6 is 37.0 Å². The van der Waals surface area contributed by atoms with Crippen molar-refractivity contribution in [3.05, 3.63) is 0 Å². The molecule has 0 spiro atoms. The number of aliphatic carboxylic acids is 3. The smallest absolute Gasteiger partial charge is 0.321 e. The van der Waals surface area contributed by atoms with Gasteiger partial charge in [-0.15, -0.1) is 0 Å². The fourth-order valence-electron chi connectivity index (χ4n) is 0.709. The summed E-state index contributed by atoms with van der Waals surface area (Å²) >= 11 is 9.06. The number of thiol groups is 2. The summed E-state index contributed by atoms with van der Waals surface area (Å²) in [4.78, 5) is 29.8. The van der Waals surface area contributed by atoms with E-state index in [-0.39, 0.29) is 5.75 Å². The van der Waals surface area contributed by atoms with Crippen molar-refractivity contribution in [2.24, 2.45) is 17.2 Å². The fraction of sp³-hybridized carbons (Fsp3) is 0.750. The second kappa shape index (κ2) is 18.7. The van der Waals surface area contributed by atoms with Crippen LogP contribution in [0.15, 0.2) is 0 Å². The van der Waals surface area contributed by atoms with E-state index in [0.717, 1.165) is 5.75 Å². The number of hydrogen-bond acceptors (Lipinski definition) is 9. The van der Waals surface area contributed by atoms with E-state index in [0.29, 0.717) is 18.6 Å². The third-order valence-corrected chi connectivity index (χ3v) is 3.52. The maximum Gasteiger partial charge on any atom is 0.321 e. The Morgan fingerprint density at radius 3 is 1.42 bits per heavy atom. The van der Waals surface area contributed by atoms with Crippen LogP contribution in [-0.2, 0) is 14.4 Å². The minimum Gasteiger partial charge on any atom is -0.480 e. The monoisotopic (exact) mass is 405 g/mol. The zero-order valence-corrected chi connectivity index (χ0v) is 16.0.